The zero-order valence-corrected chi connectivity index (χ0v) is 9.26. The Bertz CT molecular complexity index is 206. The average molecular weight is 220 g/mol. The fraction of sp³-hybridized carbons (Fsp3) is 0.700. The van der Waals surface area contributed by atoms with E-state index in [0.717, 1.165) is 25.7 Å². The van der Waals surface area contributed by atoms with Crippen molar-refractivity contribution in [3.8, 4) is 0 Å². The topological polar surface area (TPSA) is 52.3 Å². The van der Waals surface area contributed by atoms with Gasteiger partial charge in [0.2, 0.25) is 0 Å². The van der Waals surface area contributed by atoms with Gasteiger partial charge in [0.15, 0.2) is 0 Å². The highest BCUT2D eigenvalue weighted by molar-refractivity contribution is 5.85. The average Bonchev–Trinajstić information content (AvgIpc) is 2.11. The van der Waals surface area contributed by atoms with E-state index in [1.54, 1.807) is 0 Å². The van der Waals surface area contributed by atoms with Crippen LogP contribution in [0.15, 0.2) is 12.2 Å². The van der Waals surface area contributed by atoms with E-state index in [2.05, 4.69) is 12.2 Å². The van der Waals surface area contributed by atoms with Crippen molar-refractivity contribution < 1.29 is 9.53 Å². The summed E-state index contributed by atoms with van der Waals surface area (Å²) in [7, 11) is 1.42. The SMILES string of the molecule is COC(=O)C1CC/C=C\CCC1N.Cl. The predicted octanol–water partition coefficient (Wildman–Crippen LogP) is 1.65. The predicted molar refractivity (Wildman–Crippen MR) is 58.3 cm³/mol. The van der Waals surface area contributed by atoms with Gasteiger partial charge in [0, 0.05) is 6.04 Å². The van der Waals surface area contributed by atoms with Gasteiger partial charge >= 0.3 is 5.97 Å². The molecule has 2 N–H and O–H groups in total. The van der Waals surface area contributed by atoms with E-state index >= 15 is 0 Å². The van der Waals surface area contributed by atoms with Crippen molar-refractivity contribution in [1.82, 2.24) is 0 Å². The summed E-state index contributed by atoms with van der Waals surface area (Å²) in [5.41, 5.74) is 5.89. The van der Waals surface area contributed by atoms with Crippen LogP contribution in [0.2, 0.25) is 0 Å². The van der Waals surface area contributed by atoms with E-state index in [1.165, 1.54) is 7.11 Å². The van der Waals surface area contributed by atoms with Crippen molar-refractivity contribution in [2.24, 2.45) is 11.7 Å². The molecule has 14 heavy (non-hydrogen) atoms. The van der Waals surface area contributed by atoms with Gasteiger partial charge in [-0.25, -0.2) is 0 Å². The third-order valence-corrected chi connectivity index (χ3v) is 2.50. The van der Waals surface area contributed by atoms with Gasteiger partial charge in [-0.15, -0.1) is 12.4 Å². The van der Waals surface area contributed by atoms with Crippen LogP contribution in [0.1, 0.15) is 25.7 Å². The molecular formula is C10H18ClNO2. The van der Waals surface area contributed by atoms with Crippen LogP contribution in [0.4, 0.5) is 0 Å². The van der Waals surface area contributed by atoms with Gasteiger partial charge in [-0.05, 0) is 25.7 Å². The van der Waals surface area contributed by atoms with Crippen LogP contribution in [0, 0.1) is 5.92 Å². The number of ether oxygens (including phenoxy) is 1. The maximum atomic E-state index is 11.3. The molecule has 0 fully saturated rings. The summed E-state index contributed by atoms with van der Waals surface area (Å²) in [6.07, 6.45) is 7.82. The Hall–Kier alpha value is -0.540. The summed E-state index contributed by atoms with van der Waals surface area (Å²) in [6.45, 7) is 0. The third-order valence-electron chi connectivity index (χ3n) is 2.50. The normalized spacial score (nSPS) is 29.3. The molecule has 0 heterocycles. The first-order chi connectivity index (χ1) is 6.25. The third kappa shape index (κ3) is 3.68. The van der Waals surface area contributed by atoms with Crippen LogP contribution in [0.5, 0.6) is 0 Å². The molecule has 1 rings (SSSR count). The van der Waals surface area contributed by atoms with Crippen LogP contribution in [-0.2, 0) is 9.53 Å². The maximum absolute atomic E-state index is 11.3. The van der Waals surface area contributed by atoms with E-state index in [4.69, 9.17) is 10.5 Å². The van der Waals surface area contributed by atoms with Crippen LogP contribution in [-0.4, -0.2) is 19.1 Å². The van der Waals surface area contributed by atoms with Gasteiger partial charge in [-0.3, -0.25) is 4.79 Å². The second-order valence-corrected chi connectivity index (χ2v) is 3.42. The molecule has 0 spiro atoms. The molecule has 0 amide bonds. The van der Waals surface area contributed by atoms with Crippen molar-refractivity contribution in [3.05, 3.63) is 12.2 Å². The van der Waals surface area contributed by atoms with Crippen LogP contribution < -0.4 is 5.73 Å². The summed E-state index contributed by atoms with van der Waals surface area (Å²) >= 11 is 0. The highest BCUT2D eigenvalue weighted by Gasteiger charge is 2.25. The van der Waals surface area contributed by atoms with Crippen molar-refractivity contribution in [2.75, 3.05) is 7.11 Å². The minimum absolute atomic E-state index is 0. The van der Waals surface area contributed by atoms with Gasteiger partial charge in [0.1, 0.15) is 0 Å². The van der Waals surface area contributed by atoms with Gasteiger partial charge in [-0.2, -0.15) is 0 Å². The molecule has 0 aromatic heterocycles. The molecule has 0 aliphatic heterocycles. The Labute approximate surface area is 91.1 Å². The molecule has 0 saturated heterocycles. The van der Waals surface area contributed by atoms with E-state index in [1.807, 2.05) is 0 Å². The molecule has 0 aromatic rings. The molecule has 0 saturated carbocycles. The number of hydrogen-bond donors (Lipinski definition) is 1. The van der Waals surface area contributed by atoms with Crippen LogP contribution in [0.3, 0.4) is 0 Å². The lowest BCUT2D eigenvalue weighted by molar-refractivity contribution is -0.146. The van der Waals surface area contributed by atoms with Crippen LogP contribution >= 0.6 is 12.4 Å². The largest absolute Gasteiger partial charge is 0.469 e. The minimum Gasteiger partial charge on any atom is -0.469 e. The summed E-state index contributed by atoms with van der Waals surface area (Å²) in [5, 5.41) is 0. The molecular weight excluding hydrogens is 202 g/mol. The fourth-order valence-corrected chi connectivity index (χ4v) is 1.66. The lowest BCUT2D eigenvalue weighted by atomic mass is 9.90. The molecule has 82 valence electrons. The van der Waals surface area contributed by atoms with Crippen molar-refractivity contribution in [2.45, 2.75) is 31.7 Å². The highest BCUT2D eigenvalue weighted by Crippen LogP contribution is 2.18. The van der Waals surface area contributed by atoms with Gasteiger partial charge in [0.05, 0.1) is 13.0 Å². The first-order valence-corrected chi connectivity index (χ1v) is 4.74. The Balaban J connectivity index is 0.00000169. The van der Waals surface area contributed by atoms with Gasteiger partial charge in [0.25, 0.3) is 0 Å². The molecule has 0 bridgehead atoms. The number of carbonyl (C=O) groups excluding carboxylic acids is 1. The number of allylic oxidation sites excluding steroid dienone is 2. The summed E-state index contributed by atoms with van der Waals surface area (Å²) in [4.78, 5) is 11.3. The Morgan fingerprint density at radius 3 is 2.50 bits per heavy atom. The second kappa shape index (κ2) is 6.85. The highest BCUT2D eigenvalue weighted by atomic mass is 35.5. The summed E-state index contributed by atoms with van der Waals surface area (Å²) < 4.78 is 4.71. The maximum Gasteiger partial charge on any atom is 0.310 e. The summed E-state index contributed by atoms with van der Waals surface area (Å²) in [6, 6.07) is -0.0441. The number of rotatable bonds is 1. The Kier molecular flexibility index (Phi) is 6.58. The lowest BCUT2D eigenvalue weighted by Crippen LogP contribution is -2.36. The number of nitrogens with two attached hydrogens (primary N) is 1. The van der Waals surface area contributed by atoms with Crippen molar-refractivity contribution in [3.63, 3.8) is 0 Å². The first kappa shape index (κ1) is 13.5. The smallest absolute Gasteiger partial charge is 0.310 e. The van der Waals surface area contributed by atoms with Gasteiger partial charge < -0.3 is 10.5 Å². The number of hydrogen-bond acceptors (Lipinski definition) is 3. The van der Waals surface area contributed by atoms with E-state index < -0.39 is 0 Å². The molecule has 4 heteroatoms. The van der Waals surface area contributed by atoms with Crippen LogP contribution in [0.25, 0.3) is 0 Å². The molecule has 3 nitrogen and oxygen atoms in total. The molecule has 1 aliphatic rings. The Morgan fingerprint density at radius 1 is 1.36 bits per heavy atom. The fourth-order valence-electron chi connectivity index (χ4n) is 1.66. The van der Waals surface area contributed by atoms with E-state index in [0.29, 0.717) is 0 Å². The summed E-state index contributed by atoms with van der Waals surface area (Å²) in [5.74, 6) is -0.280. The van der Waals surface area contributed by atoms with E-state index in [9.17, 15) is 4.79 Å². The van der Waals surface area contributed by atoms with E-state index in [-0.39, 0.29) is 30.3 Å². The minimum atomic E-state index is -0.164. The zero-order chi connectivity index (χ0) is 9.68. The molecule has 0 aromatic carbocycles. The lowest BCUT2D eigenvalue weighted by Gasteiger charge is -2.21. The molecule has 2 unspecified atom stereocenters. The molecule has 2 atom stereocenters. The quantitative estimate of drug-likeness (QED) is 0.539. The number of methoxy groups -OCH3 is 1. The van der Waals surface area contributed by atoms with Crippen molar-refractivity contribution in [1.29, 1.82) is 0 Å². The number of esters is 1. The van der Waals surface area contributed by atoms with Gasteiger partial charge in [-0.1, -0.05) is 12.2 Å². The molecule has 1 aliphatic carbocycles. The monoisotopic (exact) mass is 219 g/mol. The zero-order valence-electron chi connectivity index (χ0n) is 8.44. The number of halogens is 1. The van der Waals surface area contributed by atoms with Crippen molar-refractivity contribution >= 4 is 18.4 Å². The standard InChI is InChI=1S/C10H17NO2.ClH/c1-13-10(12)8-6-4-2-3-5-7-9(8)11;/h2-3,8-9H,4-7,11H2,1H3;1H/b3-2-;. The molecule has 0 radical (unpaired) electrons. The first-order valence-electron chi connectivity index (χ1n) is 4.74. The second-order valence-electron chi connectivity index (χ2n) is 3.42. The number of carbonyl (C=O) groups is 1. The Morgan fingerprint density at radius 2 is 1.93 bits per heavy atom.